The summed E-state index contributed by atoms with van der Waals surface area (Å²) in [6.07, 6.45) is 5.56. The molecule has 0 bridgehead atoms. The summed E-state index contributed by atoms with van der Waals surface area (Å²) in [6, 6.07) is 16.0. The van der Waals surface area contributed by atoms with Crippen LogP contribution >= 0.6 is 0 Å². The zero-order valence-corrected chi connectivity index (χ0v) is 14.1. The van der Waals surface area contributed by atoms with Crippen LogP contribution in [0.25, 0.3) is 5.82 Å². The van der Waals surface area contributed by atoms with Crippen LogP contribution in [0.1, 0.15) is 34.5 Å². The second-order valence-electron chi connectivity index (χ2n) is 6.57. The van der Waals surface area contributed by atoms with E-state index < -0.39 is 0 Å². The minimum Gasteiger partial charge on any atom is -0.351 e. The summed E-state index contributed by atoms with van der Waals surface area (Å²) in [6.45, 7) is 2.55. The first kappa shape index (κ1) is 15.6. The van der Waals surface area contributed by atoms with Gasteiger partial charge >= 0.3 is 0 Å². The van der Waals surface area contributed by atoms with Crippen molar-refractivity contribution in [3.8, 4) is 5.82 Å². The van der Waals surface area contributed by atoms with E-state index in [0.717, 1.165) is 18.5 Å². The van der Waals surface area contributed by atoms with Crippen LogP contribution in [0, 0.1) is 6.92 Å². The molecule has 1 aliphatic rings. The van der Waals surface area contributed by atoms with Crippen molar-refractivity contribution in [3.63, 3.8) is 0 Å². The Morgan fingerprint density at radius 1 is 1.16 bits per heavy atom. The Balaban J connectivity index is 1.49. The minimum atomic E-state index is -0.0816. The van der Waals surface area contributed by atoms with Gasteiger partial charge in [0.25, 0.3) is 5.91 Å². The Morgan fingerprint density at radius 3 is 2.60 bits per heavy atom. The molecule has 1 saturated carbocycles. The van der Waals surface area contributed by atoms with Crippen LogP contribution in [0.5, 0.6) is 0 Å². The van der Waals surface area contributed by atoms with Crippen molar-refractivity contribution in [1.29, 1.82) is 0 Å². The maximum Gasteiger partial charge on any atom is 0.254 e. The van der Waals surface area contributed by atoms with Crippen molar-refractivity contribution < 1.29 is 4.79 Å². The number of nitrogens with one attached hydrogen (secondary N) is 1. The van der Waals surface area contributed by atoms with Crippen molar-refractivity contribution in [2.45, 2.75) is 25.2 Å². The highest BCUT2D eigenvalue weighted by molar-refractivity contribution is 5.95. The van der Waals surface area contributed by atoms with Gasteiger partial charge < -0.3 is 5.32 Å². The fourth-order valence-corrected chi connectivity index (χ4v) is 3.20. The van der Waals surface area contributed by atoms with Crippen LogP contribution in [0.2, 0.25) is 0 Å². The molecule has 1 N–H and O–H groups in total. The van der Waals surface area contributed by atoms with Crippen LogP contribution in [-0.4, -0.2) is 27.2 Å². The molecule has 0 spiro atoms. The van der Waals surface area contributed by atoms with Gasteiger partial charge in [-0.3, -0.25) is 4.79 Å². The van der Waals surface area contributed by atoms with E-state index >= 15 is 0 Å². The van der Waals surface area contributed by atoms with Crippen molar-refractivity contribution >= 4 is 5.91 Å². The highest BCUT2D eigenvalue weighted by Crippen LogP contribution is 2.47. The molecule has 0 radical (unpaired) electrons. The molecule has 0 unspecified atom stereocenters. The average Bonchev–Trinajstić information content (AvgIpc) is 3.37. The zero-order chi connectivity index (χ0) is 17.3. The van der Waals surface area contributed by atoms with E-state index in [4.69, 9.17) is 0 Å². The molecular weight excluding hydrogens is 312 g/mol. The maximum atomic E-state index is 12.6. The van der Waals surface area contributed by atoms with Crippen LogP contribution in [0.4, 0.5) is 0 Å². The number of rotatable bonds is 5. The minimum absolute atomic E-state index is 0.0816. The van der Waals surface area contributed by atoms with Crippen LogP contribution < -0.4 is 5.32 Å². The van der Waals surface area contributed by atoms with Crippen LogP contribution in [0.3, 0.4) is 0 Å². The monoisotopic (exact) mass is 332 g/mol. The lowest BCUT2D eigenvalue weighted by Crippen LogP contribution is -2.32. The molecule has 1 fully saturated rings. The number of hydrogen-bond acceptors (Lipinski definition) is 3. The first-order valence-corrected chi connectivity index (χ1v) is 8.49. The number of nitrogens with zero attached hydrogens (tertiary/aromatic N) is 3. The number of amides is 1. The number of hydrogen-bond donors (Lipinski definition) is 1. The second-order valence-corrected chi connectivity index (χ2v) is 6.57. The summed E-state index contributed by atoms with van der Waals surface area (Å²) in [5, 5.41) is 7.41. The fourth-order valence-electron chi connectivity index (χ4n) is 3.20. The van der Waals surface area contributed by atoms with Gasteiger partial charge in [0, 0.05) is 18.2 Å². The molecule has 4 rings (SSSR count). The molecular formula is C20H20N4O. The summed E-state index contributed by atoms with van der Waals surface area (Å²) in [5.41, 5.74) is 2.79. The zero-order valence-electron chi connectivity index (χ0n) is 14.1. The Morgan fingerprint density at radius 2 is 1.92 bits per heavy atom. The molecule has 3 aromatic rings. The van der Waals surface area contributed by atoms with E-state index in [1.165, 1.54) is 5.56 Å². The Hall–Kier alpha value is -2.95. The Bertz CT molecular complexity index is 883. The van der Waals surface area contributed by atoms with E-state index in [1.807, 2.05) is 31.2 Å². The number of benzene rings is 1. The summed E-state index contributed by atoms with van der Waals surface area (Å²) < 4.78 is 1.69. The van der Waals surface area contributed by atoms with Crippen LogP contribution in [-0.2, 0) is 5.41 Å². The van der Waals surface area contributed by atoms with Gasteiger partial charge in [0.05, 0.1) is 17.5 Å². The topological polar surface area (TPSA) is 59.8 Å². The first-order chi connectivity index (χ1) is 12.2. The molecule has 5 heteroatoms. The highest BCUT2D eigenvalue weighted by Gasteiger charge is 2.44. The van der Waals surface area contributed by atoms with Crippen molar-refractivity contribution in [2.75, 3.05) is 6.54 Å². The van der Waals surface area contributed by atoms with E-state index in [2.05, 4.69) is 39.7 Å². The van der Waals surface area contributed by atoms with E-state index in [0.29, 0.717) is 17.9 Å². The van der Waals surface area contributed by atoms with E-state index in [-0.39, 0.29) is 11.3 Å². The largest absolute Gasteiger partial charge is 0.351 e. The smallest absolute Gasteiger partial charge is 0.254 e. The molecule has 126 valence electrons. The van der Waals surface area contributed by atoms with Gasteiger partial charge in [-0.1, -0.05) is 36.4 Å². The molecule has 0 aliphatic heterocycles. The number of aromatic nitrogens is 3. The molecule has 2 heterocycles. The standard InChI is InChI=1S/C20H20N4O/c1-15-17(13-23-24(15)18-9-5-6-12-21-18)19(25)22-14-20(10-11-20)16-7-3-2-4-8-16/h2-9,12-13H,10-11,14H2,1H3,(H,22,25). The molecule has 0 saturated heterocycles. The Labute approximate surface area is 146 Å². The molecule has 0 atom stereocenters. The van der Waals surface area contributed by atoms with E-state index in [9.17, 15) is 4.79 Å². The summed E-state index contributed by atoms with van der Waals surface area (Å²) in [4.78, 5) is 16.9. The third-order valence-electron chi connectivity index (χ3n) is 4.95. The number of carbonyl (C=O) groups is 1. The van der Waals surface area contributed by atoms with Gasteiger partial charge in [0.15, 0.2) is 5.82 Å². The molecule has 1 amide bonds. The summed E-state index contributed by atoms with van der Waals surface area (Å²) in [5.74, 6) is 0.629. The molecule has 2 aromatic heterocycles. The predicted molar refractivity (Wildman–Crippen MR) is 95.8 cm³/mol. The SMILES string of the molecule is Cc1c(C(=O)NCC2(c3ccccc3)CC2)cnn1-c1ccccn1. The highest BCUT2D eigenvalue weighted by atomic mass is 16.1. The van der Waals surface area contributed by atoms with Crippen molar-refractivity contribution in [2.24, 2.45) is 0 Å². The lowest BCUT2D eigenvalue weighted by molar-refractivity contribution is 0.0949. The number of pyridine rings is 1. The lowest BCUT2D eigenvalue weighted by atomic mass is 9.96. The molecule has 25 heavy (non-hydrogen) atoms. The second kappa shape index (κ2) is 6.16. The Kier molecular flexibility index (Phi) is 3.84. The normalized spacial score (nSPS) is 14.9. The van der Waals surface area contributed by atoms with Gasteiger partial charge in [-0.25, -0.2) is 9.67 Å². The van der Waals surface area contributed by atoms with Gasteiger partial charge in [0.1, 0.15) is 0 Å². The van der Waals surface area contributed by atoms with E-state index in [1.54, 1.807) is 17.1 Å². The quantitative estimate of drug-likeness (QED) is 0.781. The third-order valence-corrected chi connectivity index (χ3v) is 4.95. The van der Waals surface area contributed by atoms with Gasteiger partial charge in [-0.2, -0.15) is 5.10 Å². The lowest BCUT2D eigenvalue weighted by Gasteiger charge is -2.16. The van der Waals surface area contributed by atoms with Crippen molar-refractivity contribution in [1.82, 2.24) is 20.1 Å². The fraction of sp³-hybridized carbons (Fsp3) is 0.250. The first-order valence-electron chi connectivity index (χ1n) is 8.49. The predicted octanol–water partition coefficient (Wildman–Crippen LogP) is 3.04. The summed E-state index contributed by atoms with van der Waals surface area (Å²) >= 11 is 0. The van der Waals surface area contributed by atoms with Crippen LogP contribution in [0.15, 0.2) is 60.9 Å². The van der Waals surface area contributed by atoms with Gasteiger partial charge in [-0.05, 0) is 37.5 Å². The van der Waals surface area contributed by atoms with Gasteiger partial charge in [-0.15, -0.1) is 0 Å². The average molecular weight is 332 g/mol. The maximum absolute atomic E-state index is 12.6. The number of carbonyl (C=O) groups excluding carboxylic acids is 1. The van der Waals surface area contributed by atoms with Crippen molar-refractivity contribution in [3.05, 3.63) is 77.7 Å². The molecule has 1 aromatic carbocycles. The molecule has 5 nitrogen and oxygen atoms in total. The molecule has 1 aliphatic carbocycles. The third kappa shape index (κ3) is 2.93. The van der Waals surface area contributed by atoms with Gasteiger partial charge in [0.2, 0.25) is 0 Å². The summed E-state index contributed by atoms with van der Waals surface area (Å²) in [7, 11) is 0.